The van der Waals surface area contributed by atoms with E-state index < -0.39 is 0 Å². The van der Waals surface area contributed by atoms with Gasteiger partial charge in [0, 0.05) is 29.4 Å². The summed E-state index contributed by atoms with van der Waals surface area (Å²) in [5.74, 6) is 1.69. The van der Waals surface area contributed by atoms with Gasteiger partial charge in [-0.2, -0.15) is 4.98 Å². The Morgan fingerprint density at radius 2 is 1.77 bits per heavy atom. The van der Waals surface area contributed by atoms with E-state index in [0.717, 1.165) is 45.4 Å². The fourth-order valence-electron chi connectivity index (χ4n) is 3.59. The second-order valence-electron chi connectivity index (χ2n) is 7.12. The van der Waals surface area contributed by atoms with Gasteiger partial charge in [-0.3, -0.25) is 4.79 Å². The van der Waals surface area contributed by atoms with E-state index in [-0.39, 0.29) is 0 Å². The number of methoxy groups -OCH3 is 2. The molecular weight excluding hydrogens is 392 g/mol. The fourth-order valence-corrected chi connectivity index (χ4v) is 3.59. The number of aromatic nitrogens is 2. The first-order valence-corrected chi connectivity index (χ1v) is 9.80. The van der Waals surface area contributed by atoms with E-state index in [1.807, 2.05) is 55.5 Å². The smallest absolute Gasteiger partial charge is 0.258 e. The predicted molar refractivity (Wildman–Crippen MR) is 118 cm³/mol. The molecule has 0 amide bonds. The van der Waals surface area contributed by atoms with E-state index in [2.05, 4.69) is 10.1 Å². The maximum atomic E-state index is 11.0. The van der Waals surface area contributed by atoms with E-state index in [9.17, 15) is 4.79 Å². The van der Waals surface area contributed by atoms with Crippen molar-refractivity contribution < 1.29 is 18.8 Å². The number of nitrogens with zero attached hydrogens (tertiary/aromatic N) is 2. The van der Waals surface area contributed by atoms with Gasteiger partial charge in [-0.25, -0.2) is 0 Å². The van der Waals surface area contributed by atoms with Gasteiger partial charge in [-0.05, 0) is 47.9 Å². The van der Waals surface area contributed by atoms with Gasteiger partial charge < -0.3 is 14.0 Å². The molecule has 0 radical (unpaired) electrons. The highest BCUT2D eigenvalue weighted by Gasteiger charge is 2.16. The Morgan fingerprint density at radius 3 is 2.52 bits per heavy atom. The van der Waals surface area contributed by atoms with Crippen LogP contribution in [0.1, 0.15) is 21.5 Å². The van der Waals surface area contributed by atoms with Gasteiger partial charge in [0.2, 0.25) is 5.82 Å². The second kappa shape index (κ2) is 8.93. The van der Waals surface area contributed by atoms with Crippen LogP contribution in [0.15, 0.2) is 65.2 Å². The molecule has 0 atom stereocenters. The van der Waals surface area contributed by atoms with E-state index in [1.54, 1.807) is 26.4 Å². The number of ether oxygens (including phenoxy) is 2. The summed E-state index contributed by atoms with van der Waals surface area (Å²) in [4.78, 5) is 15.6. The minimum Gasteiger partial charge on any atom is -0.496 e. The first-order chi connectivity index (χ1) is 15.1. The molecule has 4 rings (SSSR count). The minimum atomic E-state index is 0.415. The standard InChI is InChI=1S/C25H22N2O4/c1-16-12-17(14-28)8-10-20(16)24-26-25(31-27-24)18-9-11-21(19(13-18)15-29-2)22-6-4-5-7-23(22)30-3/h4-14H,15H2,1-3H3. The van der Waals surface area contributed by atoms with Crippen LogP contribution in [0.2, 0.25) is 0 Å². The first-order valence-electron chi connectivity index (χ1n) is 9.80. The summed E-state index contributed by atoms with van der Waals surface area (Å²) in [6, 6.07) is 19.2. The summed E-state index contributed by atoms with van der Waals surface area (Å²) in [5, 5.41) is 4.14. The molecule has 0 saturated heterocycles. The van der Waals surface area contributed by atoms with Gasteiger partial charge in [0.15, 0.2) is 0 Å². The minimum absolute atomic E-state index is 0.415. The molecule has 4 aromatic rings. The van der Waals surface area contributed by atoms with Crippen LogP contribution >= 0.6 is 0 Å². The number of aryl methyl sites for hydroxylation is 1. The van der Waals surface area contributed by atoms with Gasteiger partial charge in [0.25, 0.3) is 5.89 Å². The van der Waals surface area contributed by atoms with Crippen molar-refractivity contribution in [3.05, 3.63) is 77.4 Å². The number of para-hydroxylation sites is 1. The van der Waals surface area contributed by atoms with Crippen LogP contribution in [0.5, 0.6) is 5.75 Å². The number of hydrogen-bond donors (Lipinski definition) is 0. The molecule has 0 aliphatic carbocycles. The highest BCUT2D eigenvalue weighted by Crippen LogP contribution is 2.35. The molecule has 0 aliphatic heterocycles. The molecule has 0 unspecified atom stereocenters. The van der Waals surface area contributed by atoms with E-state index in [0.29, 0.717) is 23.9 Å². The monoisotopic (exact) mass is 414 g/mol. The second-order valence-corrected chi connectivity index (χ2v) is 7.12. The number of hydrogen-bond acceptors (Lipinski definition) is 6. The van der Waals surface area contributed by atoms with Crippen LogP contribution in [0, 0.1) is 6.92 Å². The third-order valence-electron chi connectivity index (χ3n) is 5.10. The van der Waals surface area contributed by atoms with Crippen molar-refractivity contribution in [3.63, 3.8) is 0 Å². The van der Waals surface area contributed by atoms with Crippen molar-refractivity contribution >= 4 is 6.29 Å². The molecule has 0 aliphatic rings. The first kappa shape index (κ1) is 20.5. The number of carbonyl (C=O) groups is 1. The van der Waals surface area contributed by atoms with Crippen molar-refractivity contribution in [2.24, 2.45) is 0 Å². The van der Waals surface area contributed by atoms with Crippen LogP contribution < -0.4 is 4.74 Å². The van der Waals surface area contributed by atoms with Gasteiger partial charge in [0.1, 0.15) is 12.0 Å². The number of rotatable bonds is 7. The molecule has 1 aromatic heterocycles. The molecule has 0 saturated carbocycles. The summed E-state index contributed by atoms with van der Waals surface area (Å²) in [6.45, 7) is 2.34. The summed E-state index contributed by atoms with van der Waals surface area (Å²) in [6.07, 6.45) is 0.819. The van der Waals surface area contributed by atoms with Crippen LogP contribution in [0.3, 0.4) is 0 Å². The number of aldehydes is 1. The molecule has 6 nitrogen and oxygen atoms in total. The zero-order chi connectivity index (χ0) is 21.8. The van der Waals surface area contributed by atoms with Gasteiger partial charge in [-0.1, -0.05) is 41.6 Å². The summed E-state index contributed by atoms with van der Waals surface area (Å²) < 4.78 is 16.5. The molecule has 0 N–H and O–H groups in total. The molecule has 156 valence electrons. The average Bonchev–Trinajstić information content (AvgIpc) is 3.29. The molecule has 0 spiro atoms. The maximum absolute atomic E-state index is 11.0. The van der Waals surface area contributed by atoms with Crippen LogP contribution in [0.25, 0.3) is 34.0 Å². The number of carbonyl (C=O) groups excluding carboxylic acids is 1. The zero-order valence-electron chi connectivity index (χ0n) is 17.6. The highest BCUT2D eigenvalue weighted by atomic mass is 16.5. The largest absolute Gasteiger partial charge is 0.496 e. The fraction of sp³-hybridized carbons (Fsp3) is 0.160. The Hall–Kier alpha value is -3.77. The summed E-state index contributed by atoms with van der Waals surface area (Å²) in [7, 11) is 3.32. The average molecular weight is 414 g/mol. The van der Waals surface area contributed by atoms with Crippen molar-refractivity contribution in [1.82, 2.24) is 10.1 Å². The third kappa shape index (κ3) is 4.11. The lowest BCUT2D eigenvalue weighted by Crippen LogP contribution is -1.96. The molecule has 3 aromatic carbocycles. The lowest BCUT2D eigenvalue weighted by atomic mass is 9.97. The predicted octanol–water partition coefficient (Wildman–Crippen LogP) is 5.35. The van der Waals surface area contributed by atoms with Gasteiger partial charge in [0.05, 0.1) is 13.7 Å². The Kier molecular flexibility index (Phi) is 5.91. The topological polar surface area (TPSA) is 74.5 Å². The Bertz CT molecular complexity index is 1230. The maximum Gasteiger partial charge on any atom is 0.258 e. The number of benzene rings is 3. The van der Waals surface area contributed by atoms with Crippen molar-refractivity contribution in [1.29, 1.82) is 0 Å². The summed E-state index contributed by atoms with van der Waals surface area (Å²) in [5.41, 5.74) is 6.12. The SMILES string of the molecule is COCc1cc(-c2nc(-c3ccc(C=O)cc3C)no2)ccc1-c1ccccc1OC. The Balaban J connectivity index is 1.73. The molecule has 6 heteroatoms. The van der Waals surface area contributed by atoms with Crippen molar-refractivity contribution in [2.45, 2.75) is 13.5 Å². The lowest BCUT2D eigenvalue weighted by Gasteiger charge is -2.13. The molecule has 0 bridgehead atoms. The zero-order valence-corrected chi connectivity index (χ0v) is 17.6. The third-order valence-corrected chi connectivity index (χ3v) is 5.10. The van der Waals surface area contributed by atoms with Gasteiger partial charge in [-0.15, -0.1) is 0 Å². The van der Waals surface area contributed by atoms with E-state index in [1.165, 1.54) is 0 Å². The molecule has 1 heterocycles. The summed E-state index contributed by atoms with van der Waals surface area (Å²) >= 11 is 0. The van der Waals surface area contributed by atoms with E-state index >= 15 is 0 Å². The Morgan fingerprint density at radius 1 is 0.968 bits per heavy atom. The van der Waals surface area contributed by atoms with Crippen LogP contribution in [-0.4, -0.2) is 30.6 Å². The molecule has 0 fully saturated rings. The highest BCUT2D eigenvalue weighted by molar-refractivity contribution is 5.78. The quantitative estimate of drug-likeness (QED) is 0.380. The normalized spacial score (nSPS) is 10.8. The van der Waals surface area contributed by atoms with Crippen molar-refractivity contribution in [2.75, 3.05) is 14.2 Å². The molecular formula is C25H22N2O4. The molecule has 31 heavy (non-hydrogen) atoms. The van der Waals surface area contributed by atoms with E-state index in [4.69, 9.17) is 14.0 Å². The lowest BCUT2D eigenvalue weighted by molar-refractivity contribution is 0.112. The Labute approximate surface area is 180 Å². The van der Waals surface area contributed by atoms with Crippen molar-refractivity contribution in [3.8, 4) is 39.7 Å². The van der Waals surface area contributed by atoms with Crippen LogP contribution in [-0.2, 0) is 11.3 Å². The van der Waals surface area contributed by atoms with Gasteiger partial charge >= 0.3 is 0 Å². The van der Waals surface area contributed by atoms with Crippen LogP contribution in [0.4, 0.5) is 0 Å².